The second kappa shape index (κ2) is 7.17. The summed E-state index contributed by atoms with van der Waals surface area (Å²) < 4.78 is 0. The molecule has 2 heterocycles. The van der Waals surface area contributed by atoms with E-state index < -0.39 is 0 Å². The molecular weight excluding hydrogens is 411 g/mol. The molecule has 0 saturated carbocycles. The summed E-state index contributed by atoms with van der Waals surface area (Å²) in [6.07, 6.45) is 0. The zero-order valence-corrected chi connectivity index (χ0v) is 23.5. The highest BCUT2D eigenvalue weighted by atomic mass is 15.2. The molecule has 0 saturated heterocycles. The van der Waals surface area contributed by atoms with Crippen LogP contribution in [0.5, 0.6) is 0 Å². The summed E-state index contributed by atoms with van der Waals surface area (Å²) in [6.45, 7) is 25.8. The van der Waals surface area contributed by atoms with Crippen molar-refractivity contribution in [1.82, 2.24) is 0 Å². The Morgan fingerprint density at radius 3 is 0.882 bits per heavy atom. The van der Waals surface area contributed by atoms with Crippen molar-refractivity contribution in [3.05, 3.63) is 61.2 Å². The van der Waals surface area contributed by atoms with Crippen molar-refractivity contribution in [3.63, 3.8) is 0 Å². The van der Waals surface area contributed by atoms with Gasteiger partial charge in [0.25, 0.3) is 6.71 Å². The molecule has 3 aromatic carbocycles. The molecule has 0 unspecified atom stereocenters. The first-order chi connectivity index (χ1) is 15.8. The maximum absolute atomic E-state index is 2.52. The van der Waals surface area contributed by atoms with Gasteiger partial charge in [-0.25, -0.2) is 0 Å². The average molecular weight is 450 g/mol. The van der Waals surface area contributed by atoms with Crippen molar-refractivity contribution in [3.8, 4) is 0 Å². The Morgan fingerprint density at radius 1 is 0.324 bits per heavy atom. The largest absolute Gasteiger partial charge is 0.345 e. The summed E-state index contributed by atoms with van der Waals surface area (Å²) >= 11 is 0. The van der Waals surface area contributed by atoms with Crippen LogP contribution >= 0.6 is 0 Å². The zero-order valence-electron chi connectivity index (χ0n) is 23.5. The van der Waals surface area contributed by atoms with Gasteiger partial charge in [-0.3, -0.25) is 0 Å². The van der Waals surface area contributed by atoms with Crippen molar-refractivity contribution < 1.29 is 0 Å². The number of nitrogens with zero attached hydrogens (tertiary/aromatic N) is 2. The smallest absolute Gasteiger partial charge is 0.252 e. The van der Waals surface area contributed by atoms with Crippen LogP contribution in [-0.4, -0.2) is 20.8 Å². The molecule has 0 radical (unpaired) electrons. The van der Waals surface area contributed by atoms with Gasteiger partial charge >= 0.3 is 0 Å². The van der Waals surface area contributed by atoms with Crippen LogP contribution in [0.4, 0.5) is 22.7 Å². The van der Waals surface area contributed by atoms with Crippen LogP contribution in [0.25, 0.3) is 0 Å². The number of hydrogen-bond acceptors (Lipinski definition) is 2. The molecule has 0 fully saturated rings. The van der Waals surface area contributed by atoms with E-state index in [1.165, 1.54) is 100 Å². The van der Waals surface area contributed by atoms with Gasteiger partial charge in [0.2, 0.25) is 0 Å². The average Bonchev–Trinajstić information content (AvgIpc) is 2.80. The van der Waals surface area contributed by atoms with Gasteiger partial charge in [0.1, 0.15) is 0 Å². The molecule has 0 aromatic heterocycles. The third-order valence-electron chi connectivity index (χ3n) is 9.96. The Balaban J connectivity index is 2.09. The molecule has 3 heteroatoms. The first-order valence-electron chi connectivity index (χ1n) is 12.7. The van der Waals surface area contributed by atoms with Crippen molar-refractivity contribution in [2.24, 2.45) is 0 Å². The predicted molar refractivity (Wildman–Crippen MR) is 152 cm³/mol. The molecule has 0 N–H and O–H groups in total. The number of rotatable bonds is 0. The van der Waals surface area contributed by atoms with Gasteiger partial charge in [0.15, 0.2) is 0 Å². The summed E-state index contributed by atoms with van der Waals surface area (Å²) in [5.74, 6) is 0. The number of anilines is 4. The Bertz CT molecular complexity index is 1340. The number of benzene rings is 3. The van der Waals surface area contributed by atoms with E-state index in [-0.39, 0.29) is 6.71 Å². The molecule has 0 spiro atoms. The van der Waals surface area contributed by atoms with E-state index in [1.54, 1.807) is 0 Å². The highest BCUT2D eigenvalue weighted by Gasteiger charge is 2.46. The van der Waals surface area contributed by atoms with Crippen LogP contribution in [0.2, 0.25) is 0 Å². The SMILES string of the molecule is Cc1c(C)c(C)c2c(c1C)B1c3c(C)c(C)c(C)c(C)c3N(C)c3c(C)c(C)c(C)c(c31)N2C. The molecule has 0 amide bonds. The lowest BCUT2D eigenvalue weighted by molar-refractivity contribution is 1.09. The summed E-state index contributed by atoms with van der Waals surface area (Å²) in [7, 11) is 4.59. The Morgan fingerprint density at radius 2 is 0.559 bits per heavy atom. The first kappa shape index (κ1) is 23.1. The molecule has 34 heavy (non-hydrogen) atoms. The third kappa shape index (κ3) is 2.48. The monoisotopic (exact) mass is 450 g/mol. The van der Waals surface area contributed by atoms with Gasteiger partial charge in [-0.15, -0.1) is 0 Å². The number of fused-ring (bicyclic) bond motifs is 4. The molecular formula is C31H39BN2. The minimum absolute atomic E-state index is 0.261. The molecule has 0 bridgehead atoms. The topological polar surface area (TPSA) is 6.48 Å². The quantitative estimate of drug-likeness (QED) is 0.402. The lowest BCUT2D eigenvalue weighted by atomic mass is 9.31. The van der Waals surface area contributed by atoms with E-state index in [9.17, 15) is 0 Å². The summed E-state index contributed by atoms with van der Waals surface area (Å²) in [5.41, 5.74) is 25.9. The lowest BCUT2D eigenvalue weighted by Gasteiger charge is -2.47. The van der Waals surface area contributed by atoms with Crippen molar-refractivity contribution in [2.75, 3.05) is 23.9 Å². The highest BCUT2D eigenvalue weighted by molar-refractivity contribution is 7.01. The maximum atomic E-state index is 2.52. The van der Waals surface area contributed by atoms with Crippen LogP contribution in [0.3, 0.4) is 0 Å². The predicted octanol–water partition coefficient (Wildman–Crippen LogP) is 5.76. The van der Waals surface area contributed by atoms with E-state index in [0.717, 1.165) is 0 Å². The van der Waals surface area contributed by atoms with Gasteiger partial charge in [-0.1, -0.05) is 11.1 Å². The summed E-state index contributed by atoms with van der Waals surface area (Å²) in [4.78, 5) is 5.03. The van der Waals surface area contributed by atoms with Crippen molar-refractivity contribution in [2.45, 2.75) is 76.2 Å². The molecule has 0 atom stereocenters. The lowest BCUT2D eigenvalue weighted by Crippen LogP contribution is -2.64. The Kier molecular flexibility index (Phi) is 4.87. The van der Waals surface area contributed by atoms with Gasteiger partial charge in [0.05, 0.1) is 0 Å². The minimum Gasteiger partial charge on any atom is -0.345 e. The van der Waals surface area contributed by atoms with Crippen LogP contribution in [0.15, 0.2) is 0 Å². The second-order valence-corrected chi connectivity index (χ2v) is 11.1. The number of hydrogen-bond donors (Lipinski definition) is 0. The summed E-state index contributed by atoms with van der Waals surface area (Å²) in [6, 6.07) is 0. The Labute approximate surface area is 207 Å². The maximum Gasteiger partial charge on any atom is 0.252 e. The van der Waals surface area contributed by atoms with E-state index in [1.807, 2.05) is 0 Å². The van der Waals surface area contributed by atoms with Gasteiger partial charge in [0, 0.05) is 36.8 Å². The molecule has 2 aliphatic rings. The molecule has 2 aliphatic heterocycles. The van der Waals surface area contributed by atoms with Crippen LogP contribution < -0.4 is 26.2 Å². The van der Waals surface area contributed by atoms with E-state index in [0.29, 0.717) is 0 Å². The molecule has 2 nitrogen and oxygen atoms in total. The van der Waals surface area contributed by atoms with Gasteiger partial charge < -0.3 is 9.80 Å². The van der Waals surface area contributed by atoms with Crippen LogP contribution in [0, 0.1) is 76.2 Å². The van der Waals surface area contributed by atoms with Gasteiger partial charge in [-0.2, -0.15) is 0 Å². The normalized spacial score (nSPS) is 13.9. The van der Waals surface area contributed by atoms with Crippen LogP contribution in [0.1, 0.15) is 61.2 Å². The van der Waals surface area contributed by atoms with E-state index in [4.69, 9.17) is 0 Å². The van der Waals surface area contributed by atoms with Crippen LogP contribution in [-0.2, 0) is 0 Å². The van der Waals surface area contributed by atoms with Gasteiger partial charge in [-0.05, 0) is 143 Å². The third-order valence-corrected chi connectivity index (χ3v) is 9.96. The second-order valence-electron chi connectivity index (χ2n) is 11.1. The molecule has 0 aliphatic carbocycles. The van der Waals surface area contributed by atoms with E-state index >= 15 is 0 Å². The van der Waals surface area contributed by atoms with Crippen molar-refractivity contribution in [1.29, 1.82) is 0 Å². The molecule has 176 valence electrons. The minimum atomic E-state index is 0.261. The van der Waals surface area contributed by atoms with E-state index in [2.05, 4.69) is 100 Å². The Hall–Kier alpha value is -2.68. The molecule has 3 aromatic rings. The zero-order chi connectivity index (χ0) is 25.1. The molecule has 5 rings (SSSR count). The fraction of sp³-hybridized carbons (Fsp3) is 0.419. The highest BCUT2D eigenvalue weighted by Crippen LogP contribution is 2.45. The fourth-order valence-electron chi connectivity index (χ4n) is 7.16. The summed E-state index contributed by atoms with van der Waals surface area (Å²) in [5, 5.41) is 0. The fourth-order valence-corrected chi connectivity index (χ4v) is 7.16. The standard InChI is InChI=1S/C31H39BN2/c1-14-16(3)21(8)28-25(19(14)6)32-26-20(7)15(2)17(4)22(9)29(26)34(13)31-24(11)18(5)23(10)30(27(31)32)33(28)12/h1-13H3. The first-order valence-corrected chi connectivity index (χ1v) is 12.7. The van der Waals surface area contributed by atoms with Crippen molar-refractivity contribution >= 4 is 45.9 Å².